The second-order valence-electron chi connectivity index (χ2n) is 5.03. The highest BCUT2D eigenvalue weighted by Crippen LogP contribution is 2.27. The molecule has 1 aromatic rings. The standard InChI is InChI=1S/C14H20N2O3/c15-14-11(6-5-9-13(14)16(17)18)10-19-12-7-3-1-2-4-8-12/h5-6,9,12H,1-4,7-8,10,15H2. The van der Waals surface area contributed by atoms with E-state index in [-0.39, 0.29) is 17.5 Å². The van der Waals surface area contributed by atoms with Gasteiger partial charge in [0.1, 0.15) is 5.69 Å². The molecule has 0 heterocycles. The van der Waals surface area contributed by atoms with E-state index in [2.05, 4.69) is 0 Å². The van der Waals surface area contributed by atoms with Gasteiger partial charge in [0, 0.05) is 11.6 Å². The number of hydrogen-bond acceptors (Lipinski definition) is 4. The lowest BCUT2D eigenvalue weighted by Crippen LogP contribution is -2.12. The van der Waals surface area contributed by atoms with Crippen molar-refractivity contribution >= 4 is 11.4 Å². The minimum Gasteiger partial charge on any atom is -0.393 e. The van der Waals surface area contributed by atoms with E-state index >= 15 is 0 Å². The molecule has 0 unspecified atom stereocenters. The Bertz CT molecular complexity index is 440. The van der Waals surface area contributed by atoms with Crippen LogP contribution in [0.15, 0.2) is 18.2 Å². The van der Waals surface area contributed by atoms with E-state index in [0.29, 0.717) is 12.2 Å². The number of rotatable bonds is 4. The fourth-order valence-corrected chi connectivity index (χ4v) is 2.50. The molecular weight excluding hydrogens is 244 g/mol. The van der Waals surface area contributed by atoms with Crippen molar-refractivity contribution in [2.45, 2.75) is 51.2 Å². The lowest BCUT2D eigenvalue weighted by molar-refractivity contribution is -0.384. The van der Waals surface area contributed by atoms with Crippen molar-refractivity contribution in [3.63, 3.8) is 0 Å². The van der Waals surface area contributed by atoms with Gasteiger partial charge in [-0.25, -0.2) is 0 Å². The van der Waals surface area contributed by atoms with Crippen LogP contribution in [0.3, 0.4) is 0 Å². The molecule has 1 aromatic carbocycles. The van der Waals surface area contributed by atoms with E-state index in [1.165, 1.54) is 31.7 Å². The van der Waals surface area contributed by atoms with Crippen molar-refractivity contribution in [1.82, 2.24) is 0 Å². The lowest BCUT2D eigenvalue weighted by atomic mass is 10.1. The zero-order valence-corrected chi connectivity index (χ0v) is 11.0. The van der Waals surface area contributed by atoms with Gasteiger partial charge in [0.15, 0.2) is 0 Å². The first-order valence-corrected chi connectivity index (χ1v) is 6.82. The first-order valence-electron chi connectivity index (χ1n) is 6.82. The Hall–Kier alpha value is -1.62. The number of hydrogen-bond donors (Lipinski definition) is 1. The molecule has 1 fully saturated rings. The van der Waals surface area contributed by atoms with Crippen molar-refractivity contribution in [1.29, 1.82) is 0 Å². The number of nitro groups is 1. The van der Waals surface area contributed by atoms with E-state index in [1.54, 1.807) is 12.1 Å². The third kappa shape index (κ3) is 3.67. The molecular formula is C14H20N2O3. The van der Waals surface area contributed by atoms with Gasteiger partial charge < -0.3 is 10.5 Å². The zero-order valence-electron chi connectivity index (χ0n) is 11.0. The summed E-state index contributed by atoms with van der Waals surface area (Å²) in [7, 11) is 0. The molecule has 5 heteroatoms. The molecule has 0 aliphatic heterocycles. The van der Waals surface area contributed by atoms with Crippen LogP contribution in [0, 0.1) is 10.1 Å². The first-order chi connectivity index (χ1) is 9.18. The second kappa shape index (κ2) is 6.52. The van der Waals surface area contributed by atoms with Crippen LogP contribution in [-0.2, 0) is 11.3 Å². The summed E-state index contributed by atoms with van der Waals surface area (Å²) >= 11 is 0. The molecule has 2 N–H and O–H groups in total. The monoisotopic (exact) mass is 264 g/mol. The summed E-state index contributed by atoms with van der Waals surface area (Å²) in [6, 6.07) is 4.86. The molecule has 0 radical (unpaired) electrons. The molecule has 2 rings (SSSR count). The van der Waals surface area contributed by atoms with Crippen LogP contribution in [0.25, 0.3) is 0 Å². The van der Waals surface area contributed by atoms with Crippen molar-refractivity contribution in [2.24, 2.45) is 0 Å². The van der Waals surface area contributed by atoms with Crippen LogP contribution in [0.2, 0.25) is 0 Å². The van der Waals surface area contributed by atoms with Gasteiger partial charge in [-0.3, -0.25) is 10.1 Å². The number of para-hydroxylation sites is 1. The number of nitrogens with zero attached hydrogens (tertiary/aromatic N) is 1. The van der Waals surface area contributed by atoms with Gasteiger partial charge in [0.05, 0.1) is 17.6 Å². The molecule has 0 spiro atoms. The van der Waals surface area contributed by atoms with Gasteiger partial charge in [0.25, 0.3) is 5.69 Å². The Kier molecular flexibility index (Phi) is 4.74. The Labute approximate surface area is 112 Å². The van der Waals surface area contributed by atoms with Crippen LogP contribution < -0.4 is 5.73 Å². The third-order valence-electron chi connectivity index (χ3n) is 3.65. The summed E-state index contributed by atoms with van der Waals surface area (Å²) < 4.78 is 5.86. The topological polar surface area (TPSA) is 78.4 Å². The minimum atomic E-state index is -0.454. The van der Waals surface area contributed by atoms with E-state index in [4.69, 9.17) is 10.5 Å². The Morgan fingerprint density at radius 3 is 2.58 bits per heavy atom. The molecule has 1 saturated carbocycles. The van der Waals surface area contributed by atoms with E-state index in [1.807, 2.05) is 0 Å². The van der Waals surface area contributed by atoms with E-state index in [9.17, 15) is 10.1 Å². The summed E-state index contributed by atoms with van der Waals surface area (Å²) in [5.74, 6) is 0. The molecule has 0 atom stereocenters. The molecule has 0 aromatic heterocycles. The van der Waals surface area contributed by atoms with Crippen LogP contribution in [0.5, 0.6) is 0 Å². The normalized spacial score (nSPS) is 17.1. The molecule has 0 amide bonds. The molecule has 19 heavy (non-hydrogen) atoms. The van der Waals surface area contributed by atoms with Crippen molar-refractivity contribution in [3.8, 4) is 0 Å². The molecule has 0 saturated heterocycles. The highest BCUT2D eigenvalue weighted by atomic mass is 16.6. The fraction of sp³-hybridized carbons (Fsp3) is 0.571. The lowest BCUT2D eigenvalue weighted by Gasteiger charge is -2.16. The number of benzene rings is 1. The number of anilines is 1. The number of ether oxygens (including phenoxy) is 1. The van der Waals surface area contributed by atoms with Gasteiger partial charge in [-0.15, -0.1) is 0 Å². The summed E-state index contributed by atoms with van der Waals surface area (Å²) in [6.07, 6.45) is 7.38. The van der Waals surface area contributed by atoms with Gasteiger partial charge in [0.2, 0.25) is 0 Å². The molecule has 1 aliphatic carbocycles. The molecule has 104 valence electrons. The molecule has 5 nitrogen and oxygen atoms in total. The SMILES string of the molecule is Nc1c(COC2CCCCCC2)cccc1[N+](=O)[O-]. The quantitative estimate of drug-likeness (QED) is 0.391. The van der Waals surface area contributed by atoms with Gasteiger partial charge in [-0.2, -0.15) is 0 Å². The smallest absolute Gasteiger partial charge is 0.292 e. The zero-order chi connectivity index (χ0) is 13.7. The third-order valence-corrected chi connectivity index (χ3v) is 3.65. The van der Waals surface area contributed by atoms with Crippen LogP contribution >= 0.6 is 0 Å². The van der Waals surface area contributed by atoms with Crippen molar-refractivity contribution < 1.29 is 9.66 Å². The van der Waals surface area contributed by atoms with Crippen LogP contribution in [0.1, 0.15) is 44.1 Å². The predicted molar refractivity (Wildman–Crippen MR) is 73.8 cm³/mol. The molecule has 1 aliphatic rings. The average Bonchev–Trinajstić information content (AvgIpc) is 2.66. The highest BCUT2D eigenvalue weighted by Gasteiger charge is 2.17. The maximum absolute atomic E-state index is 10.8. The van der Waals surface area contributed by atoms with Crippen LogP contribution in [0.4, 0.5) is 11.4 Å². The Balaban J connectivity index is 1.99. The highest BCUT2D eigenvalue weighted by molar-refractivity contribution is 5.62. The van der Waals surface area contributed by atoms with Gasteiger partial charge in [-0.1, -0.05) is 37.8 Å². The largest absolute Gasteiger partial charge is 0.393 e. The number of nitrogen functional groups attached to an aromatic ring is 1. The Morgan fingerprint density at radius 1 is 1.26 bits per heavy atom. The molecule has 0 bridgehead atoms. The van der Waals surface area contributed by atoms with Crippen molar-refractivity contribution in [3.05, 3.63) is 33.9 Å². The Morgan fingerprint density at radius 2 is 1.95 bits per heavy atom. The van der Waals surface area contributed by atoms with Crippen LogP contribution in [-0.4, -0.2) is 11.0 Å². The van der Waals surface area contributed by atoms with Gasteiger partial charge in [-0.05, 0) is 12.8 Å². The summed E-state index contributed by atoms with van der Waals surface area (Å²) in [5.41, 5.74) is 6.70. The summed E-state index contributed by atoms with van der Waals surface area (Å²) in [6.45, 7) is 0.359. The number of nitrogens with two attached hydrogens (primary N) is 1. The summed E-state index contributed by atoms with van der Waals surface area (Å²) in [4.78, 5) is 10.4. The minimum absolute atomic E-state index is 0.0398. The maximum atomic E-state index is 10.8. The first kappa shape index (κ1) is 13.8. The number of nitro benzene ring substituents is 1. The fourth-order valence-electron chi connectivity index (χ4n) is 2.50. The second-order valence-corrected chi connectivity index (χ2v) is 5.03. The van der Waals surface area contributed by atoms with Crippen molar-refractivity contribution in [2.75, 3.05) is 5.73 Å². The summed E-state index contributed by atoms with van der Waals surface area (Å²) in [5, 5.41) is 10.8. The maximum Gasteiger partial charge on any atom is 0.292 e. The predicted octanol–water partition coefficient (Wildman–Crippen LogP) is 3.42. The van der Waals surface area contributed by atoms with E-state index < -0.39 is 4.92 Å². The average molecular weight is 264 g/mol. The van der Waals surface area contributed by atoms with Gasteiger partial charge >= 0.3 is 0 Å². The van der Waals surface area contributed by atoms with E-state index in [0.717, 1.165) is 12.8 Å².